The van der Waals surface area contributed by atoms with E-state index in [2.05, 4.69) is 53.7 Å². The lowest BCUT2D eigenvalue weighted by atomic mass is 10.1. The highest BCUT2D eigenvalue weighted by Gasteiger charge is 2.09. The van der Waals surface area contributed by atoms with Crippen LogP contribution in [0.15, 0.2) is 22.7 Å². The van der Waals surface area contributed by atoms with Crippen LogP contribution in [-0.4, -0.2) is 17.5 Å². The molecule has 2 N–H and O–H groups in total. The molecule has 2 nitrogen and oxygen atoms in total. The van der Waals surface area contributed by atoms with E-state index < -0.39 is 0 Å². The number of hydrogen-bond donors (Lipinski definition) is 1. The summed E-state index contributed by atoms with van der Waals surface area (Å²) in [6, 6.07) is 6.78. The third-order valence-electron chi connectivity index (χ3n) is 2.69. The molecular formula is C13H21BrN2. The van der Waals surface area contributed by atoms with Crippen LogP contribution in [0.5, 0.6) is 0 Å². The molecule has 16 heavy (non-hydrogen) atoms. The summed E-state index contributed by atoms with van der Waals surface area (Å²) in [7, 11) is 0. The number of nitrogens with two attached hydrogens (primary N) is 1. The van der Waals surface area contributed by atoms with Crippen LogP contribution in [-0.2, 0) is 6.54 Å². The molecule has 1 aromatic rings. The molecule has 1 rings (SSSR count). The first-order valence-corrected chi connectivity index (χ1v) is 6.61. The summed E-state index contributed by atoms with van der Waals surface area (Å²) < 4.78 is 0.975. The first-order valence-electron chi connectivity index (χ1n) is 5.82. The molecule has 0 aliphatic rings. The zero-order valence-corrected chi connectivity index (χ0v) is 11.9. The molecule has 0 aliphatic carbocycles. The number of anilines is 1. The molecule has 0 heterocycles. The topological polar surface area (TPSA) is 29.3 Å². The number of halogens is 1. The average Bonchev–Trinajstić information content (AvgIpc) is 2.22. The van der Waals surface area contributed by atoms with Crippen molar-refractivity contribution < 1.29 is 0 Å². The Bertz CT molecular complexity index is 337. The van der Waals surface area contributed by atoms with E-state index >= 15 is 0 Å². The lowest BCUT2D eigenvalue weighted by molar-refractivity contribution is 0.213. The van der Waals surface area contributed by atoms with Gasteiger partial charge in [0.1, 0.15) is 0 Å². The van der Waals surface area contributed by atoms with Gasteiger partial charge in [0.05, 0.1) is 0 Å². The second kappa shape index (κ2) is 6.26. The molecule has 3 heteroatoms. The minimum Gasteiger partial charge on any atom is -0.398 e. The molecule has 0 unspecified atom stereocenters. The van der Waals surface area contributed by atoms with Crippen LogP contribution in [0.2, 0.25) is 0 Å². The van der Waals surface area contributed by atoms with E-state index in [9.17, 15) is 0 Å². The van der Waals surface area contributed by atoms with Gasteiger partial charge < -0.3 is 5.73 Å². The van der Waals surface area contributed by atoms with Crippen LogP contribution < -0.4 is 5.73 Å². The molecule has 0 aromatic heterocycles. The molecule has 0 fully saturated rings. The summed E-state index contributed by atoms with van der Waals surface area (Å²) in [4.78, 5) is 2.46. The maximum atomic E-state index is 5.88. The van der Waals surface area contributed by atoms with Crippen molar-refractivity contribution in [2.45, 2.75) is 39.8 Å². The zero-order valence-electron chi connectivity index (χ0n) is 10.3. The molecule has 0 atom stereocenters. The molecule has 0 saturated heterocycles. The fourth-order valence-electron chi connectivity index (χ4n) is 1.73. The van der Waals surface area contributed by atoms with Crippen LogP contribution in [0.3, 0.4) is 0 Å². The van der Waals surface area contributed by atoms with Gasteiger partial charge in [0.2, 0.25) is 0 Å². The van der Waals surface area contributed by atoms with Crippen LogP contribution in [0, 0.1) is 0 Å². The van der Waals surface area contributed by atoms with Crippen molar-refractivity contribution in [2.24, 2.45) is 0 Å². The largest absolute Gasteiger partial charge is 0.398 e. The molecule has 0 radical (unpaired) electrons. The SMILES string of the molecule is CCCN(Cc1ccc(Br)c(N)c1)C(C)C. The second-order valence-corrected chi connectivity index (χ2v) is 5.27. The van der Waals surface area contributed by atoms with E-state index in [1.807, 2.05) is 6.07 Å². The summed E-state index contributed by atoms with van der Waals surface area (Å²) >= 11 is 3.42. The fourth-order valence-corrected chi connectivity index (χ4v) is 1.98. The predicted molar refractivity (Wildman–Crippen MR) is 74.4 cm³/mol. The van der Waals surface area contributed by atoms with E-state index in [0.717, 1.165) is 23.2 Å². The van der Waals surface area contributed by atoms with Gasteiger partial charge in [0.25, 0.3) is 0 Å². The van der Waals surface area contributed by atoms with Crippen LogP contribution >= 0.6 is 15.9 Å². The first-order chi connectivity index (χ1) is 7.54. The van der Waals surface area contributed by atoms with Gasteiger partial charge in [-0.25, -0.2) is 0 Å². The molecule has 90 valence electrons. The Morgan fingerprint density at radius 3 is 2.56 bits per heavy atom. The van der Waals surface area contributed by atoms with Gasteiger partial charge in [0.15, 0.2) is 0 Å². The van der Waals surface area contributed by atoms with Crippen molar-refractivity contribution in [1.29, 1.82) is 0 Å². The summed E-state index contributed by atoms with van der Waals surface area (Å²) in [6.07, 6.45) is 1.18. The summed E-state index contributed by atoms with van der Waals surface area (Å²) in [5, 5.41) is 0. The van der Waals surface area contributed by atoms with Crippen molar-refractivity contribution in [3.8, 4) is 0 Å². The van der Waals surface area contributed by atoms with E-state index in [1.54, 1.807) is 0 Å². The highest BCUT2D eigenvalue weighted by Crippen LogP contribution is 2.21. The number of nitrogen functional groups attached to an aromatic ring is 1. The van der Waals surface area contributed by atoms with Crippen LogP contribution in [0.4, 0.5) is 5.69 Å². The first kappa shape index (κ1) is 13.5. The van der Waals surface area contributed by atoms with E-state index in [1.165, 1.54) is 12.0 Å². The van der Waals surface area contributed by atoms with Crippen molar-refractivity contribution in [2.75, 3.05) is 12.3 Å². The minimum absolute atomic E-state index is 0.574. The Morgan fingerprint density at radius 2 is 2.06 bits per heavy atom. The Labute approximate surface area is 107 Å². The van der Waals surface area contributed by atoms with Gasteiger partial charge in [-0.15, -0.1) is 0 Å². The van der Waals surface area contributed by atoms with Gasteiger partial charge in [-0.1, -0.05) is 13.0 Å². The summed E-state index contributed by atoms with van der Waals surface area (Å²) in [5.74, 6) is 0. The number of benzene rings is 1. The van der Waals surface area contributed by atoms with Gasteiger partial charge in [-0.2, -0.15) is 0 Å². The van der Waals surface area contributed by atoms with E-state index in [4.69, 9.17) is 5.73 Å². The third kappa shape index (κ3) is 3.80. The van der Waals surface area contributed by atoms with Crippen LogP contribution in [0.25, 0.3) is 0 Å². The predicted octanol–water partition coefficient (Wildman–Crippen LogP) is 3.65. The Hall–Kier alpha value is -0.540. The molecule has 1 aromatic carbocycles. The maximum absolute atomic E-state index is 5.88. The monoisotopic (exact) mass is 284 g/mol. The molecule has 0 amide bonds. The smallest absolute Gasteiger partial charge is 0.0461 e. The molecule has 0 aliphatic heterocycles. The second-order valence-electron chi connectivity index (χ2n) is 4.42. The van der Waals surface area contributed by atoms with Gasteiger partial charge in [-0.05, 0) is 60.4 Å². The lowest BCUT2D eigenvalue weighted by Crippen LogP contribution is -2.31. The van der Waals surface area contributed by atoms with Gasteiger partial charge >= 0.3 is 0 Å². The normalized spacial score (nSPS) is 11.4. The Morgan fingerprint density at radius 1 is 1.38 bits per heavy atom. The number of hydrogen-bond acceptors (Lipinski definition) is 2. The van der Waals surface area contributed by atoms with Crippen molar-refractivity contribution in [3.05, 3.63) is 28.2 Å². The number of rotatable bonds is 5. The molecular weight excluding hydrogens is 264 g/mol. The van der Waals surface area contributed by atoms with Gasteiger partial charge in [-0.3, -0.25) is 4.90 Å². The van der Waals surface area contributed by atoms with E-state index in [-0.39, 0.29) is 0 Å². The highest BCUT2D eigenvalue weighted by molar-refractivity contribution is 9.10. The summed E-state index contributed by atoms with van der Waals surface area (Å²) in [6.45, 7) is 8.79. The minimum atomic E-state index is 0.574. The number of nitrogens with zero attached hydrogens (tertiary/aromatic N) is 1. The standard InChI is InChI=1S/C13H21BrN2/c1-4-7-16(10(2)3)9-11-5-6-12(14)13(15)8-11/h5-6,8,10H,4,7,9,15H2,1-3H3. The van der Waals surface area contributed by atoms with E-state index in [0.29, 0.717) is 6.04 Å². The molecule has 0 bridgehead atoms. The Balaban J connectivity index is 2.73. The summed E-state index contributed by atoms with van der Waals surface area (Å²) in [5.41, 5.74) is 7.98. The average molecular weight is 285 g/mol. The highest BCUT2D eigenvalue weighted by atomic mass is 79.9. The quantitative estimate of drug-likeness (QED) is 0.837. The Kier molecular flexibility index (Phi) is 5.29. The maximum Gasteiger partial charge on any atom is 0.0461 e. The van der Waals surface area contributed by atoms with Crippen LogP contribution in [0.1, 0.15) is 32.8 Å². The van der Waals surface area contributed by atoms with Crippen molar-refractivity contribution in [1.82, 2.24) is 4.90 Å². The van der Waals surface area contributed by atoms with Gasteiger partial charge in [0, 0.05) is 22.7 Å². The zero-order chi connectivity index (χ0) is 12.1. The lowest BCUT2D eigenvalue weighted by Gasteiger charge is -2.26. The van der Waals surface area contributed by atoms with Crippen molar-refractivity contribution >= 4 is 21.6 Å². The third-order valence-corrected chi connectivity index (χ3v) is 3.41. The molecule has 0 saturated carbocycles. The fraction of sp³-hybridized carbons (Fsp3) is 0.538. The molecule has 0 spiro atoms. The van der Waals surface area contributed by atoms with Crippen molar-refractivity contribution in [3.63, 3.8) is 0 Å².